The maximum absolute atomic E-state index is 16.0. The Bertz CT molecular complexity index is 1060. The lowest BCUT2D eigenvalue weighted by Gasteiger charge is -2.46. The van der Waals surface area contributed by atoms with Crippen LogP contribution in [0.4, 0.5) is 4.39 Å². The molecule has 3 heterocycles. The number of methoxy groups -OCH3 is 2. The third kappa shape index (κ3) is 4.01. The van der Waals surface area contributed by atoms with Crippen LogP contribution < -0.4 is 9.47 Å². The molecule has 1 saturated heterocycles. The highest BCUT2D eigenvalue weighted by molar-refractivity contribution is 5.81. The molecule has 6 nitrogen and oxygen atoms in total. The van der Waals surface area contributed by atoms with Gasteiger partial charge < -0.3 is 28.6 Å². The van der Waals surface area contributed by atoms with Gasteiger partial charge in [0.15, 0.2) is 17.3 Å². The van der Waals surface area contributed by atoms with Gasteiger partial charge in [0.1, 0.15) is 11.9 Å². The van der Waals surface area contributed by atoms with E-state index in [2.05, 4.69) is 27.0 Å². The Hall–Kier alpha value is -2.77. The standard InChI is InChI=1S/C27H34FNO5/c1-8-32-17(3)20-14-29-24(23(28)16(20)2)18-12-21(31-7)22(33-11-9-10-30-6)13-19(18)25-26(29)27(4,5)15-34-25/h12-14,25-26H,2-3,8-11,15H2,1,4-7H3. The number of hydrogen-bond donors (Lipinski definition) is 0. The molecule has 2 atom stereocenters. The van der Waals surface area contributed by atoms with Crippen molar-refractivity contribution in [3.05, 3.63) is 65.3 Å². The number of nitrogens with zero attached hydrogens (tertiary/aromatic N) is 1. The first-order valence-electron chi connectivity index (χ1n) is 11.6. The van der Waals surface area contributed by atoms with Crippen molar-refractivity contribution in [3.63, 3.8) is 0 Å². The van der Waals surface area contributed by atoms with E-state index in [4.69, 9.17) is 23.7 Å². The van der Waals surface area contributed by atoms with Gasteiger partial charge in [0, 0.05) is 48.5 Å². The lowest BCUT2D eigenvalue weighted by atomic mass is 9.76. The molecule has 0 aromatic heterocycles. The van der Waals surface area contributed by atoms with E-state index in [9.17, 15) is 0 Å². The minimum Gasteiger partial charge on any atom is -0.494 e. The van der Waals surface area contributed by atoms with E-state index >= 15 is 4.39 Å². The Balaban J connectivity index is 1.85. The summed E-state index contributed by atoms with van der Waals surface area (Å²) in [5, 5.41) is 0. The molecular formula is C27H34FNO5. The average molecular weight is 472 g/mol. The molecule has 0 amide bonds. The van der Waals surface area contributed by atoms with E-state index < -0.39 is 5.83 Å². The summed E-state index contributed by atoms with van der Waals surface area (Å²) in [5.41, 5.74) is 2.62. The molecule has 0 N–H and O–H groups in total. The van der Waals surface area contributed by atoms with Crippen LogP contribution in [0.5, 0.6) is 11.5 Å². The number of ether oxygens (including phenoxy) is 5. The van der Waals surface area contributed by atoms with Crippen molar-refractivity contribution in [2.24, 2.45) is 5.41 Å². The van der Waals surface area contributed by atoms with Crippen molar-refractivity contribution < 1.29 is 28.1 Å². The predicted molar refractivity (Wildman–Crippen MR) is 129 cm³/mol. The third-order valence-electron chi connectivity index (χ3n) is 6.61. The maximum atomic E-state index is 16.0. The minimum absolute atomic E-state index is 0.131. The highest BCUT2D eigenvalue weighted by atomic mass is 19.1. The minimum atomic E-state index is -0.406. The maximum Gasteiger partial charge on any atom is 0.161 e. The summed E-state index contributed by atoms with van der Waals surface area (Å²) in [6, 6.07) is 3.63. The Kier molecular flexibility index (Phi) is 6.78. The van der Waals surface area contributed by atoms with E-state index in [-0.39, 0.29) is 23.1 Å². The quantitative estimate of drug-likeness (QED) is 0.348. The fraction of sp³-hybridized carbons (Fsp3) is 0.481. The monoisotopic (exact) mass is 471 g/mol. The molecule has 0 saturated carbocycles. The van der Waals surface area contributed by atoms with Crippen LogP contribution in [0.1, 0.15) is 44.4 Å². The lowest BCUT2D eigenvalue weighted by molar-refractivity contribution is 0.0804. The number of rotatable bonds is 9. The zero-order chi connectivity index (χ0) is 24.6. The van der Waals surface area contributed by atoms with Crippen molar-refractivity contribution in [3.8, 4) is 11.5 Å². The number of hydrogen-bond acceptors (Lipinski definition) is 6. The Labute approximate surface area is 201 Å². The van der Waals surface area contributed by atoms with Crippen LogP contribution in [0.3, 0.4) is 0 Å². The molecule has 0 aliphatic carbocycles. The van der Waals surface area contributed by atoms with Gasteiger partial charge in [-0.2, -0.15) is 0 Å². The van der Waals surface area contributed by atoms with E-state index in [0.717, 1.165) is 12.0 Å². The zero-order valence-corrected chi connectivity index (χ0v) is 20.7. The summed E-state index contributed by atoms with van der Waals surface area (Å²) in [5.74, 6) is 1.13. The highest BCUT2D eigenvalue weighted by Gasteiger charge is 2.53. The summed E-state index contributed by atoms with van der Waals surface area (Å²) < 4.78 is 44.7. The zero-order valence-electron chi connectivity index (χ0n) is 20.7. The molecule has 4 rings (SSSR count). The molecule has 1 aromatic carbocycles. The second-order valence-corrected chi connectivity index (χ2v) is 9.40. The smallest absolute Gasteiger partial charge is 0.161 e. The molecule has 0 radical (unpaired) electrons. The lowest BCUT2D eigenvalue weighted by Crippen LogP contribution is -2.46. The molecule has 3 aliphatic rings. The highest BCUT2D eigenvalue weighted by Crippen LogP contribution is 2.56. The van der Waals surface area contributed by atoms with Gasteiger partial charge in [-0.3, -0.25) is 0 Å². The normalized spacial score (nSPS) is 22.6. The first kappa shape index (κ1) is 24.4. The Morgan fingerprint density at radius 3 is 2.68 bits per heavy atom. The molecule has 1 aromatic rings. The van der Waals surface area contributed by atoms with Crippen molar-refractivity contribution in [1.82, 2.24) is 4.90 Å². The van der Waals surface area contributed by atoms with Gasteiger partial charge in [0.2, 0.25) is 0 Å². The molecule has 184 valence electrons. The van der Waals surface area contributed by atoms with Crippen LogP contribution in [-0.2, 0) is 14.2 Å². The van der Waals surface area contributed by atoms with Crippen molar-refractivity contribution in [2.75, 3.05) is 40.6 Å². The number of benzene rings is 1. The Morgan fingerprint density at radius 2 is 2.00 bits per heavy atom. The second-order valence-electron chi connectivity index (χ2n) is 9.40. The third-order valence-corrected chi connectivity index (χ3v) is 6.61. The first-order chi connectivity index (χ1) is 16.2. The summed E-state index contributed by atoms with van der Waals surface area (Å²) in [6.07, 6.45) is 2.38. The van der Waals surface area contributed by atoms with Gasteiger partial charge in [-0.1, -0.05) is 27.0 Å². The second kappa shape index (κ2) is 9.47. The van der Waals surface area contributed by atoms with Gasteiger partial charge >= 0.3 is 0 Å². The van der Waals surface area contributed by atoms with Gasteiger partial charge in [-0.05, 0) is 24.6 Å². The topological polar surface area (TPSA) is 49.4 Å². The van der Waals surface area contributed by atoms with Crippen LogP contribution in [0.15, 0.2) is 54.2 Å². The molecule has 0 bridgehead atoms. The SMILES string of the molecule is C=C(OCC)C1=CN2C(=C(F)C1=C)c1cc(OC)c(OCCCOC)cc1C1OCC(C)(C)C12. The summed E-state index contributed by atoms with van der Waals surface area (Å²) in [6.45, 7) is 16.2. The summed E-state index contributed by atoms with van der Waals surface area (Å²) >= 11 is 0. The first-order valence-corrected chi connectivity index (χ1v) is 11.6. The van der Waals surface area contributed by atoms with Crippen molar-refractivity contribution >= 4 is 5.70 Å². The molecule has 0 spiro atoms. The fourth-order valence-corrected chi connectivity index (χ4v) is 4.97. The van der Waals surface area contributed by atoms with Crippen molar-refractivity contribution in [2.45, 2.75) is 39.3 Å². The van der Waals surface area contributed by atoms with E-state index in [1.165, 1.54) is 0 Å². The van der Waals surface area contributed by atoms with E-state index in [1.807, 2.05) is 30.2 Å². The molecule has 2 unspecified atom stereocenters. The van der Waals surface area contributed by atoms with Gasteiger partial charge in [0.05, 0.1) is 38.7 Å². The van der Waals surface area contributed by atoms with Crippen LogP contribution in [-0.4, -0.2) is 51.6 Å². The summed E-state index contributed by atoms with van der Waals surface area (Å²) in [4.78, 5) is 1.97. The Morgan fingerprint density at radius 1 is 1.24 bits per heavy atom. The summed E-state index contributed by atoms with van der Waals surface area (Å²) in [7, 11) is 3.24. The average Bonchev–Trinajstić information content (AvgIpc) is 3.13. The molecule has 3 aliphatic heterocycles. The van der Waals surface area contributed by atoms with Gasteiger partial charge in [-0.15, -0.1) is 0 Å². The van der Waals surface area contributed by atoms with Crippen molar-refractivity contribution in [1.29, 1.82) is 0 Å². The van der Waals surface area contributed by atoms with Crippen LogP contribution in [0.2, 0.25) is 0 Å². The van der Waals surface area contributed by atoms with Gasteiger partial charge in [-0.25, -0.2) is 4.39 Å². The van der Waals surface area contributed by atoms with E-state index in [1.54, 1.807) is 14.2 Å². The van der Waals surface area contributed by atoms with Crippen LogP contribution in [0, 0.1) is 5.41 Å². The van der Waals surface area contributed by atoms with Crippen LogP contribution >= 0.6 is 0 Å². The van der Waals surface area contributed by atoms with Gasteiger partial charge in [0.25, 0.3) is 0 Å². The molecule has 1 fully saturated rings. The number of fused-ring (bicyclic) bond motifs is 6. The molecule has 34 heavy (non-hydrogen) atoms. The molecular weight excluding hydrogens is 437 g/mol. The molecule has 7 heteroatoms. The predicted octanol–water partition coefficient (Wildman–Crippen LogP) is 5.53. The number of halogens is 1. The largest absolute Gasteiger partial charge is 0.494 e. The van der Waals surface area contributed by atoms with E-state index in [0.29, 0.717) is 60.5 Å². The van der Waals surface area contributed by atoms with Crippen LogP contribution in [0.25, 0.3) is 5.70 Å². The number of allylic oxidation sites excluding steroid dienone is 2. The fourth-order valence-electron chi connectivity index (χ4n) is 4.97.